The molecule has 1 aliphatic carbocycles. The predicted molar refractivity (Wildman–Crippen MR) is 66.2 cm³/mol. The maximum Gasteiger partial charge on any atom is 0.148 e. The zero-order chi connectivity index (χ0) is 12.0. The van der Waals surface area contributed by atoms with E-state index in [1.807, 2.05) is 45.0 Å². The van der Waals surface area contributed by atoms with E-state index < -0.39 is 5.41 Å². The van der Waals surface area contributed by atoms with Crippen molar-refractivity contribution in [2.45, 2.75) is 39.0 Å². The molecular formula is C14H19NO. The van der Waals surface area contributed by atoms with Crippen molar-refractivity contribution in [1.82, 2.24) is 0 Å². The summed E-state index contributed by atoms with van der Waals surface area (Å²) in [5, 5.41) is 0. The molecule has 2 N–H and O–H groups in total. The van der Waals surface area contributed by atoms with Gasteiger partial charge in [-0.15, -0.1) is 0 Å². The summed E-state index contributed by atoms with van der Waals surface area (Å²) in [7, 11) is 0. The molecule has 1 fully saturated rings. The van der Waals surface area contributed by atoms with Crippen molar-refractivity contribution >= 4 is 11.5 Å². The molecule has 0 heterocycles. The first-order chi connectivity index (χ1) is 7.38. The SMILES string of the molecule is CC1(C)CC[C@@](C)(c2ccccc2N)C1=O. The number of hydrogen-bond acceptors (Lipinski definition) is 2. The molecule has 0 amide bonds. The molecule has 0 spiro atoms. The highest BCUT2D eigenvalue weighted by molar-refractivity contribution is 5.97. The Hall–Kier alpha value is -1.31. The standard InChI is InChI=1S/C14H19NO/c1-13(2)8-9-14(3,12(13)16)10-6-4-5-7-11(10)15/h4-7H,8-9,15H2,1-3H3/t14-/m0/s1. The molecule has 2 heteroatoms. The van der Waals surface area contributed by atoms with E-state index in [-0.39, 0.29) is 5.41 Å². The Balaban J connectivity index is 2.50. The van der Waals surface area contributed by atoms with Crippen LogP contribution in [0.15, 0.2) is 24.3 Å². The van der Waals surface area contributed by atoms with Crippen molar-refractivity contribution in [2.75, 3.05) is 5.73 Å². The highest BCUT2D eigenvalue weighted by Gasteiger charge is 2.50. The topological polar surface area (TPSA) is 43.1 Å². The van der Waals surface area contributed by atoms with Gasteiger partial charge in [0.1, 0.15) is 5.78 Å². The summed E-state index contributed by atoms with van der Waals surface area (Å²) >= 11 is 0. The number of para-hydroxylation sites is 1. The van der Waals surface area contributed by atoms with Crippen LogP contribution in [0.25, 0.3) is 0 Å². The largest absolute Gasteiger partial charge is 0.398 e. The fourth-order valence-corrected chi connectivity index (χ4v) is 2.79. The molecule has 1 aromatic carbocycles. The van der Waals surface area contributed by atoms with Gasteiger partial charge in [0, 0.05) is 11.1 Å². The number of benzene rings is 1. The summed E-state index contributed by atoms with van der Waals surface area (Å²) in [6.07, 6.45) is 1.84. The zero-order valence-corrected chi connectivity index (χ0v) is 10.2. The van der Waals surface area contributed by atoms with E-state index >= 15 is 0 Å². The van der Waals surface area contributed by atoms with E-state index in [1.165, 1.54) is 0 Å². The second-order valence-electron chi connectivity index (χ2n) is 5.63. The summed E-state index contributed by atoms with van der Waals surface area (Å²) in [5.41, 5.74) is 7.10. The summed E-state index contributed by atoms with van der Waals surface area (Å²) in [6.45, 7) is 6.08. The molecule has 1 saturated carbocycles. The van der Waals surface area contributed by atoms with E-state index in [9.17, 15) is 4.79 Å². The molecule has 16 heavy (non-hydrogen) atoms. The summed E-state index contributed by atoms with van der Waals surface area (Å²) in [5.74, 6) is 0.318. The minimum absolute atomic E-state index is 0.211. The summed E-state index contributed by atoms with van der Waals surface area (Å²) < 4.78 is 0. The van der Waals surface area contributed by atoms with E-state index in [0.717, 1.165) is 24.1 Å². The Kier molecular flexibility index (Phi) is 2.33. The van der Waals surface area contributed by atoms with Crippen LogP contribution in [-0.4, -0.2) is 5.78 Å². The van der Waals surface area contributed by atoms with Crippen LogP contribution in [0.3, 0.4) is 0 Å². The minimum atomic E-state index is -0.394. The van der Waals surface area contributed by atoms with E-state index in [1.54, 1.807) is 0 Å². The number of Topliss-reactive ketones (excluding diaryl/α,β-unsaturated/α-hetero) is 1. The van der Waals surface area contributed by atoms with Crippen LogP contribution in [-0.2, 0) is 10.2 Å². The molecule has 2 rings (SSSR count). The fourth-order valence-electron chi connectivity index (χ4n) is 2.79. The first-order valence-corrected chi connectivity index (χ1v) is 5.78. The van der Waals surface area contributed by atoms with Crippen molar-refractivity contribution in [2.24, 2.45) is 5.41 Å². The summed E-state index contributed by atoms with van der Waals surface area (Å²) in [4.78, 5) is 12.4. The van der Waals surface area contributed by atoms with Crippen molar-refractivity contribution < 1.29 is 4.79 Å². The van der Waals surface area contributed by atoms with Crippen molar-refractivity contribution in [1.29, 1.82) is 0 Å². The average molecular weight is 217 g/mol. The summed E-state index contributed by atoms with van der Waals surface area (Å²) in [6, 6.07) is 7.72. The fraction of sp³-hybridized carbons (Fsp3) is 0.500. The molecule has 1 aliphatic rings. The monoisotopic (exact) mass is 217 g/mol. The second-order valence-corrected chi connectivity index (χ2v) is 5.63. The molecular weight excluding hydrogens is 198 g/mol. The van der Waals surface area contributed by atoms with Crippen LogP contribution in [0.1, 0.15) is 39.2 Å². The lowest BCUT2D eigenvalue weighted by molar-refractivity contribution is -0.128. The van der Waals surface area contributed by atoms with Crippen LogP contribution in [0.2, 0.25) is 0 Å². The minimum Gasteiger partial charge on any atom is -0.398 e. The number of rotatable bonds is 1. The van der Waals surface area contributed by atoms with E-state index in [4.69, 9.17) is 5.73 Å². The van der Waals surface area contributed by atoms with Crippen molar-refractivity contribution in [3.8, 4) is 0 Å². The Morgan fingerprint density at radius 3 is 2.25 bits per heavy atom. The average Bonchev–Trinajstić information content (AvgIpc) is 2.44. The van der Waals surface area contributed by atoms with Crippen molar-refractivity contribution in [3.63, 3.8) is 0 Å². The number of nitrogen functional groups attached to an aromatic ring is 1. The molecule has 1 aromatic rings. The van der Waals surface area contributed by atoms with Gasteiger partial charge in [-0.1, -0.05) is 32.0 Å². The van der Waals surface area contributed by atoms with E-state index in [0.29, 0.717) is 5.78 Å². The third kappa shape index (κ3) is 1.44. The lowest BCUT2D eigenvalue weighted by Gasteiger charge is -2.26. The maximum absolute atomic E-state index is 12.4. The number of carbonyl (C=O) groups is 1. The molecule has 0 radical (unpaired) electrons. The van der Waals surface area contributed by atoms with Gasteiger partial charge in [0.25, 0.3) is 0 Å². The number of anilines is 1. The molecule has 0 aliphatic heterocycles. The first kappa shape index (κ1) is 11.2. The van der Waals surface area contributed by atoms with Gasteiger partial charge in [-0.25, -0.2) is 0 Å². The molecule has 1 atom stereocenters. The van der Waals surface area contributed by atoms with Crippen LogP contribution in [0.5, 0.6) is 0 Å². The van der Waals surface area contributed by atoms with Gasteiger partial charge in [0.2, 0.25) is 0 Å². The quantitative estimate of drug-likeness (QED) is 0.735. The van der Waals surface area contributed by atoms with Crippen LogP contribution in [0, 0.1) is 5.41 Å². The maximum atomic E-state index is 12.4. The molecule has 2 nitrogen and oxygen atoms in total. The Labute approximate surface area is 96.8 Å². The van der Waals surface area contributed by atoms with Gasteiger partial charge in [0.15, 0.2) is 0 Å². The van der Waals surface area contributed by atoms with Gasteiger partial charge in [0.05, 0.1) is 5.41 Å². The number of ketones is 1. The van der Waals surface area contributed by atoms with Crippen LogP contribution in [0.4, 0.5) is 5.69 Å². The van der Waals surface area contributed by atoms with Crippen molar-refractivity contribution in [3.05, 3.63) is 29.8 Å². The lowest BCUT2D eigenvalue weighted by Crippen LogP contribution is -2.34. The molecule has 0 aromatic heterocycles. The third-order valence-electron chi connectivity index (χ3n) is 3.92. The normalized spacial score (nSPS) is 28.3. The number of carbonyl (C=O) groups excluding carboxylic acids is 1. The van der Waals surface area contributed by atoms with Gasteiger partial charge in [-0.2, -0.15) is 0 Å². The smallest absolute Gasteiger partial charge is 0.148 e. The lowest BCUT2D eigenvalue weighted by atomic mass is 9.76. The van der Waals surface area contributed by atoms with Crippen LogP contribution < -0.4 is 5.73 Å². The van der Waals surface area contributed by atoms with E-state index in [2.05, 4.69) is 0 Å². The number of hydrogen-bond donors (Lipinski definition) is 1. The third-order valence-corrected chi connectivity index (χ3v) is 3.92. The Morgan fingerprint density at radius 1 is 1.12 bits per heavy atom. The first-order valence-electron chi connectivity index (χ1n) is 5.78. The second kappa shape index (κ2) is 3.34. The highest BCUT2D eigenvalue weighted by atomic mass is 16.1. The molecule has 0 unspecified atom stereocenters. The molecule has 0 bridgehead atoms. The molecule has 86 valence electrons. The van der Waals surface area contributed by atoms with Gasteiger partial charge in [-0.05, 0) is 31.4 Å². The Morgan fingerprint density at radius 2 is 1.75 bits per heavy atom. The van der Waals surface area contributed by atoms with Gasteiger partial charge >= 0.3 is 0 Å². The van der Waals surface area contributed by atoms with Gasteiger partial charge in [-0.3, -0.25) is 4.79 Å². The zero-order valence-electron chi connectivity index (χ0n) is 10.2. The molecule has 0 saturated heterocycles. The van der Waals surface area contributed by atoms with Gasteiger partial charge < -0.3 is 5.73 Å². The number of nitrogens with two attached hydrogens (primary N) is 1. The highest BCUT2D eigenvalue weighted by Crippen LogP contribution is 2.48. The Bertz CT molecular complexity index is 436. The predicted octanol–water partition coefficient (Wildman–Crippen LogP) is 2.92. The van der Waals surface area contributed by atoms with Crippen LogP contribution >= 0.6 is 0 Å².